The number of fused-ring (bicyclic) bond motifs is 3. The number of carbonyl (C=O) groups excluding carboxylic acids is 1. The number of aryl methyl sites for hydroxylation is 1. The predicted octanol–water partition coefficient (Wildman–Crippen LogP) is 3.03. The lowest BCUT2D eigenvalue weighted by Crippen LogP contribution is -2.26. The van der Waals surface area contributed by atoms with E-state index < -0.39 is 0 Å². The van der Waals surface area contributed by atoms with Gasteiger partial charge in [-0.05, 0) is 53.8 Å². The lowest BCUT2D eigenvalue weighted by atomic mass is 9.95. The van der Waals surface area contributed by atoms with Gasteiger partial charge < -0.3 is 29.0 Å². The first-order valence-electron chi connectivity index (χ1n) is 11.0. The fourth-order valence-electron chi connectivity index (χ4n) is 4.57. The zero-order chi connectivity index (χ0) is 23.5. The smallest absolute Gasteiger partial charge is 0.220 e. The van der Waals surface area contributed by atoms with Crippen LogP contribution in [0.3, 0.4) is 0 Å². The van der Waals surface area contributed by atoms with Gasteiger partial charge >= 0.3 is 0 Å². The first-order valence-corrected chi connectivity index (χ1v) is 11.0. The van der Waals surface area contributed by atoms with Crippen molar-refractivity contribution in [1.29, 1.82) is 0 Å². The van der Waals surface area contributed by atoms with Gasteiger partial charge in [-0.2, -0.15) is 0 Å². The normalized spacial score (nSPS) is 19.0. The Bertz CT molecular complexity index is 1110. The lowest BCUT2D eigenvalue weighted by Gasteiger charge is -2.20. The molecule has 1 amide bonds. The van der Waals surface area contributed by atoms with Crippen LogP contribution in [0.15, 0.2) is 29.1 Å². The van der Waals surface area contributed by atoms with Crippen LogP contribution in [0.2, 0.25) is 0 Å². The molecule has 8 nitrogen and oxygen atoms in total. The molecule has 2 atom stereocenters. The maximum absolute atomic E-state index is 12.9. The van der Waals surface area contributed by atoms with Crippen molar-refractivity contribution in [3.63, 3.8) is 0 Å². The molecule has 0 bridgehead atoms. The average Bonchev–Trinajstić information content (AvgIpc) is 3.21. The third kappa shape index (κ3) is 4.48. The van der Waals surface area contributed by atoms with Crippen LogP contribution in [0, 0.1) is 0 Å². The lowest BCUT2D eigenvalue weighted by molar-refractivity contribution is -0.119. The molecule has 0 saturated carbocycles. The summed E-state index contributed by atoms with van der Waals surface area (Å²) in [4.78, 5) is 25.0. The molecule has 0 radical (unpaired) electrons. The van der Waals surface area contributed by atoms with Crippen molar-refractivity contribution in [1.82, 2.24) is 5.32 Å². The molecule has 176 valence electrons. The molecule has 2 unspecified atom stereocenters. The van der Waals surface area contributed by atoms with Gasteiger partial charge in [0.2, 0.25) is 17.1 Å². The van der Waals surface area contributed by atoms with Crippen molar-refractivity contribution in [2.24, 2.45) is 0 Å². The van der Waals surface area contributed by atoms with E-state index >= 15 is 0 Å². The van der Waals surface area contributed by atoms with Gasteiger partial charge in [-0.15, -0.1) is 0 Å². The summed E-state index contributed by atoms with van der Waals surface area (Å²) in [5.74, 6) is 1.63. The summed E-state index contributed by atoms with van der Waals surface area (Å²) in [6, 6.07) is 6.63. The highest BCUT2D eigenvalue weighted by Crippen LogP contribution is 2.50. The van der Waals surface area contributed by atoms with E-state index in [1.807, 2.05) is 6.07 Å². The zero-order valence-corrected chi connectivity index (χ0v) is 19.4. The second-order valence-electron chi connectivity index (χ2n) is 8.15. The quantitative estimate of drug-likeness (QED) is 0.716. The molecular weight excluding hydrogens is 426 g/mol. The van der Waals surface area contributed by atoms with Gasteiger partial charge in [-0.3, -0.25) is 9.59 Å². The van der Waals surface area contributed by atoms with Crippen LogP contribution in [0.5, 0.6) is 23.0 Å². The highest BCUT2D eigenvalue weighted by molar-refractivity contribution is 5.83. The highest BCUT2D eigenvalue weighted by Gasteiger charge is 2.30. The first-order chi connectivity index (χ1) is 16.0. The molecule has 2 aliphatic rings. The molecule has 1 aliphatic carbocycles. The number of methoxy groups -OCH3 is 3. The number of hydrogen-bond acceptors (Lipinski definition) is 7. The fourth-order valence-corrected chi connectivity index (χ4v) is 4.57. The van der Waals surface area contributed by atoms with E-state index in [1.54, 1.807) is 33.5 Å². The Morgan fingerprint density at radius 1 is 1.03 bits per heavy atom. The fraction of sp³-hybridized carbons (Fsp3) is 0.440. The summed E-state index contributed by atoms with van der Waals surface area (Å²) in [5, 5.41) is 3.04. The van der Waals surface area contributed by atoms with Crippen LogP contribution in [0.1, 0.15) is 36.9 Å². The maximum atomic E-state index is 12.9. The Morgan fingerprint density at radius 3 is 2.45 bits per heavy atom. The molecule has 0 aromatic heterocycles. The SMILES string of the molecule is COc1cc2c(c(OC)c1OC)-c1ccc(=O)c(OC3CCOC3)cc1C(NC(C)=O)CC2. The van der Waals surface area contributed by atoms with E-state index in [9.17, 15) is 9.59 Å². The van der Waals surface area contributed by atoms with Crippen molar-refractivity contribution < 1.29 is 28.5 Å². The molecule has 8 heteroatoms. The minimum absolute atomic E-state index is 0.153. The van der Waals surface area contributed by atoms with Crippen molar-refractivity contribution in [2.45, 2.75) is 38.3 Å². The summed E-state index contributed by atoms with van der Waals surface area (Å²) in [7, 11) is 4.71. The van der Waals surface area contributed by atoms with Gasteiger partial charge in [0.1, 0.15) is 6.10 Å². The van der Waals surface area contributed by atoms with Crippen LogP contribution in [-0.2, 0) is 16.0 Å². The van der Waals surface area contributed by atoms with Crippen LogP contribution < -0.4 is 29.7 Å². The second kappa shape index (κ2) is 9.70. The van der Waals surface area contributed by atoms with Crippen LogP contribution in [0.4, 0.5) is 0 Å². The number of nitrogens with one attached hydrogen (secondary N) is 1. The molecule has 1 aliphatic heterocycles. The van der Waals surface area contributed by atoms with E-state index in [-0.39, 0.29) is 29.2 Å². The summed E-state index contributed by atoms with van der Waals surface area (Å²) >= 11 is 0. The third-order valence-electron chi connectivity index (χ3n) is 6.06. The molecule has 1 N–H and O–H groups in total. The molecule has 0 spiro atoms. The van der Waals surface area contributed by atoms with Crippen LogP contribution in [0.25, 0.3) is 11.1 Å². The number of benzene rings is 1. The molecule has 33 heavy (non-hydrogen) atoms. The van der Waals surface area contributed by atoms with Gasteiger partial charge in [0, 0.05) is 18.9 Å². The zero-order valence-electron chi connectivity index (χ0n) is 19.4. The molecule has 4 rings (SSSR count). The molecule has 1 heterocycles. The maximum Gasteiger partial charge on any atom is 0.220 e. The number of amides is 1. The minimum atomic E-state index is -0.319. The second-order valence-corrected chi connectivity index (χ2v) is 8.15. The Morgan fingerprint density at radius 2 is 1.82 bits per heavy atom. The summed E-state index contributed by atoms with van der Waals surface area (Å²) in [6.07, 6.45) is 1.84. The van der Waals surface area contributed by atoms with Gasteiger partial charge in [0.15, 0.2) is 17.2 Å². The molecule has 2 aromatic rings. The summed E-state index contributed by atoms with van der Waals surface area (Å²) in [5.41, 5.74) is 3.10. The molecular formula is C25H29NO7. The first kappa shape index (κ1) is 22.9. The number of ether oxygens (including phenoxy) is 5. The van der Waals surface area contributed by atoms with E-state index in [0.29, 0.717) is 43.3 Å². The monoisotopic (exact) mass is 455 g/mol. The van der Waals surface area contributed by atoms with Gasteiger partial charge in [0.05, 0.1) is 40.6 Å². The van der Waals surface area contributed by atoms with Crippen molar-refractivity contribution in [3.05, 3.63) is 45.6 Å². The largest absolute Gasteiger partial charge is 0.493 e. The van der Waals surface area contributed by atoms with Gasteiger partial charge in [0.25, 0.3) is 0 Å². The van der Waals surface area contributed by atoms with E-state index in [1.165, 1.54) is 13.0 Å². The van der Waals surface area contributed by atoms with E-state index in [4.69, 9.17) is 23.7 Å². The van der Waals surface area contributed by atoms with Crippen molar-refractivity contribution >= 4 is 5.91 Å². The van der Waals surface area contributed by atoms with Crippen molar-refractivity contribution in [3.8, 4) is 34.1 Å². The number of carbonyl (C=O) groups is 1. The third-order valence-corrected chi connectivity index (χ3v) is 6.06. The van der Waals surface area contributed by atoms with Crippen LogP contribution in [-0.4, -0.2) is 46.6 Å². The minimum Gasteiger partial charge on any atom is -0.493 e. The molecule has 1 fully saturated rings. The van der Waals surface area contributed by atoms with E-state index in [2.05, 4.69) is 5.32 Å². The predicted molar refractivity (Wildman–Crippen MR) is 123 cm³/mol. The van der Waals surface area contributed by atoms with Crippen molar-refractivity contribution in [2.75, 3.05) is 34.5 Å². The van der Waals surface area contributed by atoms with Crippen LogP contribution >= 0.6 is 0 Å². The molecule has 1 saturated heterocycles. The number of rotatable bonds is 6. The Balaban J connectivity index is 1.97. The summed E-state index contributed by atoms with van der Waals surface area (Å²) in [6.45, 7) is 2.54. The molecule has 2 aromatic carbocycles. The number of hydrogen-bond donors (Lipinski definition) is 1. The Kier molecular flexibility index (Phi) is 6.74. The topological polar surface area (TPSA) is 92.3 Å². The highest BCUT2D eigenvalue weighted by atomic mass is 16.5. The average molecular weight is 456 g/mol. The van der Waals surface area contributed by atoms with Gasteiger partial charge in [-0.1, -0.05) is 0 Å². The Labute approximate surface area is 192 Å². The standard InChI is InChI=1S/C25H29NO7/c1-14(27)26-19-7-5-15-11-22(29-2)24(30-3)25(31-4)23(15)17-6-8-20(28)21(12-18(17)19)33-16-9-10-32-13-16/h6,8,11-12,16,19H,5,7,9-10,13H2,1-4H3,(H,26,27). The summed E-state index contributed by atoms with van der Waals surface area (Å²) < 4.78 is 28.4. The van der Waals surface area contributed by atoms with E-state index in [0.717, 1.165) is 28.7 Å². The Hall–Kier alpha value is -3.26. The van der Waals surface area contributed by atoms with Gasteiger partial charge in [-0.25, -0.2) is 0 Å².